The van der Waals surface area contributed by atoms with Crippen LogP contribution in [0.5, 0.6) is 17.2 Å². The van der Waals surface area contributed by atoms with Crippen molar-refractivity contribution in [1.82, 2.24) is 10.4 Å². The van der Waals surface area contributed by atoms with Gasteiger partial charge in [-0.05, 0) is 41.8 Å². The summed E-state index contributed by atoms with van der Waals surface area (Å²) in [5.41, 5.74) is 5.19. The number of benzene rings is 3. The minimum Gasteiger partial charge on any atom is -0.493 e. The summed E-state index contributed by atoms with van der Waals surface area (Å²) in [6, 6.07) is 19.0. The molecule has 198 valence electrons. The second kappa shape index (κ2) is 12.8. The first-order valence-electron chi connectivity index (χ1n) is 11.9. The highest BCUT2D eigenvalue weighted by Gasteiger charge is 2.14. The first-order valence-corrected chi connectivity index (χ1v) is 11.9. The number of non-ortho nitro benzene ring substituents is 1. The number of nitrogens with zero attached hydrogens (tertiary/aromatic N) is 3. The number of hydrogen-bond acceptors (Lipinski definition) is 8. The molecule has 1 amide bonds. The average Bonchev–Trinajstić information content (AvgIpc) is 2.95. The number of pyridine rings is 1. The number of hydrazone groups is 1. The topological polar surface area (TPSA) is 125 Å². The minimum absolute atomic E-state index is 0.0119. The highest BCUT2D eigenvalue weighted by Crippen LogP contribution is 2.34. The van der Waals surface area contributed by atoms with Gasteiger partial charge in [-0.25, -0.2) is 5.43 Å². The van der Waals surface area contributed by atoms with Crippen LogP contribution < -0.4 is 19.6 Å². The number of carbonyl (C=O) groups excluding carboxylic acids is 1. The van der Waals surface area contributed by atoms with Crippen molar-refractivity contribution in [2.45, 2.75) is 13.0 Å². The summed E-state index contributed by atoms with van der Waals surface area (Å²) in [5, 5.41) is 16.0. The molecule has 0 aliphatic heterocycles. The van der Waals surface area contributed by atoms with Crippen LogP contribution in [0.25, 0.3) is 10.9 Å². The Bertz CT molecular complexity index is 1530. The molecule has 0 aliphatic rings. The summed E-state index contributed by atoms with van der Waals surface area (Å²) >= 11 is 0. The van der Waals surface area contributed by atoms with Crippen LogP contribution in [0.15, 0.2) is 90.7 Å². The normalized spacial score (nSPS) is 10.8. The molecule has 10 nitrogen and oxygen atoms in total. The maximum atomic E-state index is 12.3. The van der Waals surface area contributed by atoms with E-state index in [4.69, 9.17) is 14.2 Å². The maximum absolute atomic E-state index is 12.3. The van der Waals surface area contributed by atoms with Gasteiger partial charge >= 0.3 is 0 Å². The zero-order valence-electron chi connectivity index (χ0n) is 21.2. The number of ether oxygens (including phenoxy) is 3. The predicted molar refractivity (Wildman–Crippen MR) is 147 cm³/mol. The molecule has 0 atom stereocenters. The second-order valence-corrected chi connectivity index (χ2v) is 8.33. The summed E-state index contributed by atoms with van der Waals surface area (Å²) in [6.45, 7) is 3.68. The first-order chi connectivity index (χ1) is 19.0. The van der Waals surface area contributed by atoms with Crippen LogP contribution in [0.3, 0.4) is 0 Å². The van der Waals surface area contributed by atoms with E-state index in [1.807, 2.05) is 30.3 Å². The Morgan fingerprint density at radius 1 is 1.10 bits per heavy atom. The van der Waals surface area contributed by atoms with E-state index in [1.54, 1.807) is 36.5 Å². The Morgan fingerprint density at radius 2 is 1.92 bits per heavy atom. The molecule has 1 aromatic heterocycles. The van der Waals surface area contributed by atoms with E-state index >= 15 is 0 Å². The zero-order chi connectivity index (χ0) is 27.6. The lowest BCUT2D eigenvalue weighted by molar-refractivity contribution is -0.384. The Hall–Kier alpha value is -5.25. The monoisotopic (exact) mass is 526 g/mol. The van der Waals surface area contributed by atoms with Crippen LogP contribution >= 0.6 is 0 Å². The molecule has 0 aliphatic carbocycles. The van der Waals surface area contributed by atoms with Gasteiger partial charge in [-0.3, -0.25) is 19.9 Å². The molecular weight excluding hydrogens is 500 g/mol. The smallest absolute Gasteiger partial charge is 0.277 e. The molecule has 3 aromatic carbocycles. The standard InChI is InChI=1S/C29H26N4O6/c1-3-7-23-14-21(16-26(37-2)29(23)39-18-20-8-4-11-24(15-20)33(35)36)17-31-32-27(34)19-38-25-12-5-9-22-10-6-13-30-28(22)25/h3-6,8-17H,1,7,18-19H2,2H3,(H,32,34)/b31-17+. The lowest BCUT2D eigenvalue weighted by Gasteiger charge is -2.16. The predicted octanol–water partition coefficient (Wildman–Crippen LogP) is 4.99. The van der Waals surface area contributed by atoms with Crippen LogP contribution in [-0.2, 0) is 17.8 Å². The molecule has 1 heterocycles. The van der Waals surface area contributed by atoms with Gasteiger partial charge in [0.15, 0.2) is 18.1 Å². The Labute approximate surface area is 224 Å². The number of aromatic nitrogens is 1. The van der Waals surface area contributed by atoms with Crippen LogP contribution in [0.4, 0.5) is 5.69 Å². The molecule has 0 saturated carbocycles. The average molecular weight is 527 g/mol. The fourth-order valence-corrected chi connectivity index (χ4v) is 3.84. The van der Waals surface area contributed by atoms with Crippen molar-refractivity contribution in [3.63, 3.8) is 0 Å². The summed E-state index contributed by atoms with van der Waals surface area (Å²) in [5.74, 6) is 1.00. The van der Waals surface area contributed by atoms with Gasteiger partial charge in [0, 0.05) is 29.3 Å². The molecule has 0 unspecified atom stereocenters. The summed E-state index contributed by atoms with van der Waals surface area (Å²) in [4.78, 5) is 27.2. The van der Waals surface area contributed by atoms with E-state index in [-0.39, 0.29) is 18.9 Å². The second-order valence-electron chi connectivity index (χ2n) is 8.33. The molecule has 4 aromatic rings. The summed E-state index contributed by atoms with van der Waals surface area (Å²) in [6.07, 6.45) is 5.34. The quantitative estimate of drug-likeness (QED) is 0.119. The largest absolute Gasteiger partial charge is 0.493 e. The van der Waals surface area contributed by atoms with E-state index in [1.165, 1.54) is 25.5 Å². The molecule has 0 radical (unpaired) electrons. The van der Waals surface area contributed by atoms with Gasteiger partial charge < -0.3 is 14.2 Å². The number of methoxy groups -OCH3 is 1. The molecule has 10 heteroatoms. The Kier molecular flexibility index (Phi) is 8.81. The molecular formula is C29H26N4O6. The van der Waals surface area contributed by atoms with Crippen LogP contribution in [0, 0.1) is 10.1 Å². The number of nitrogens with one attached hydrogen (secondary N) is 1. The van der Waals surface area contributed by atoms with Crippen molar-refractivity contribution < 1.29 is 23.9 Å². The van der Waals surface area contributed by atoms with Gasteiger partial charge in [0.25, 0.3) is 11.6 Å². The van der Waals surface area contributed by atoms with Crippen molar-refractivity contribution >= 4 is 28.7 Å². The first kappa shape index (κ1) is 26.8. The van der Waals surface area contributed by atoms with E-state index in [9.17, 15) is 14.9 Å². The SMILES string of the molecule is C=CCc1cc(/C=N/NC(=O)COc2cccc3cccnc23)cc(OC)c1OCc1cccc([N+](=O)[O-])c1. The Morgan fingerprint density at radius 3 is 2.72 bits per heavy atom. The van der Waals surface area contributed by atoms with Gasteiger partial charge in [0.05, 0.1) is 18.2 Å². The minimum atomic E-state index is -0.451. The third kappa shape index (κ3) is 6.95. The van der Waals surface area contributed by atoms with Crippen molar-refractivity contribution in [3.8, 4) is 17.2 Å². The molecule has 0 spiro atoms. The molecule has 0 fully saturated rings. The third-order valence-corrected chi connectivity index (χ3v) is 5.60. The van der Waals surface area contributed by atoms with Crippen LogP contribution in [0.1, 0.15) is 16.7 Å². The van der Waals surface area contributed by atoms with Gasteiger partial charge in [-0.1, -0.05) is 36.4 Å². The number of hydrogen-bond donors (Lipinski definition) is 1. The van der Waals surface area contributed by atoms with Crippen molar-refractivity contribution in [1.29, 1.82) is 0 Å². The van der Waals surface area contributed by atoms with Crippen LogP contribution in [-0.4, -0.2) is 35.7 Å². The number of nitro groups is 1. The summed E-state index contributed by atoms with van der Waals surface area (Å²) in [7, 11) is 1.51. The van der Waals surface area contributed by atoms with Gasteiger partial charge in [-0.2, -0.15) is 5.10 Å². The lowest BCUT2D eigenvalue weighted by Crippen LogP contribution is -2.24. The molecule has 4 rings (SSSR count). The number of carbonyl (C=O) groups is 1. The zero-order valence-corrected chi connectivity index (χ0v) is 21.2. The number of nitro benzene ring substituents is 1. The number of rotatable bonds is 12. The maximum Gasteiger partial charge on any atom is 0.277 e. The van der Waals surface area contributed by atoms with Crippen molar-refractivity contribution in [2.75, 3.05) is 13.7 Å². The van der Waals surface area contributed by atoms with Gasteiger partial charge in [0.1, 0.15) is 17.9 Å². The van der Waals surface area contributed by atoms with E-state index in [2.05, 4.69) is 22.1 Å². The van der Waals surface area contributed by atoms with Crippen molar-refractivity contribution in [2.24, 2.45) is 5.10 Å². The van der Waals surface area contributed by atoms with E-state index in [0.717, 1.165) is 10.9 Å². The highest BCUT2D eigenvalue weighted by molar-refractivity contribution is 5.86. The number of amides is 1. The highest BCUT2D eigenvalue weighted by atomic mass is 16.6. The van der Waals surface area contributed by atoms with Gasteiger partial charge in [0.2, 0.25) is 0 Å². The fourth-order valence-electron chi connectivity index (χ4n) is 3.84. The summed E-state index contributed by atoms with van der Waals surface area (Å²) < 4.78 is 17.2. The van der Waals surface area contributed by atoms with Gasteiger partial charge in [-0.15, -0.1) is 6.58 Å². The number of allylic oxidation sites excluding steroid dienone is 1. The molecule has 1 N–H and O–H groups in total. The Balaban J connectivity index is 1.42. The lowest BCUT2D eigenvalue weighted by atomic mass is 10.1. The van der Waals surface area contributed by atoms with Crippen molar-refractivity contribution in [3.05, 3.63) is 112 Å². The van der Waals surface area contributed by atoms with Crippen LogP contribution in [0.2, 0.25) is 0 Å². The molecule has 0 saturated heterocycles. The van der Waals surface area contributed by atoms with E-state index in [0.29, 0.717) is 40.3 Å². The fraction of sp³-hybridized carbons (Fsp3) is 0.138. The molecule has 39 heavy (non-hydrogen) atoms. The molecule has 0 bridgehead atoms. The number of para-hydroxylation sites is 1. The third-order valence-electron chi connectivity index (χ3n) is 5.60. The number of fused-ring (bicyclic) bond motifs is 1. The van der Waals surface area contributed by atoms with E-state index < -0.39 is 10.8 Å².